The van der Waals surface area contributed by atoms with Gasteiger partial charge in [-0.1, -0.05) is 0 Å². The van der Waals surface area contributed by atoms with E-state index in [2.05, 4.69) is 31.5 Å². The molecule has 0 fully saturated rings. The van der Waals surface area contributed by atoms with E-state index >= 15 is 0 Å². The molecule has 0 bridgehead atoms. The summed E-state index contributed by atoms with van der Waals surface area (Å²) in [6.07, 6.45) is 5.77. The summed E-state index contributed by atoms with van der Waals surface area (Å²) in [6, 6.07) is 4.83. The summed E-state index contributed by atoms with van der Waals surface area (Å²) in [4.78, 5) is 55.2. The Bertz CT molecular complexity index is 1520. The Morgan fingerprint density at radius 3 is 1.81 bits per heavy atom. The largest absolute Gasteiger partial charge is 0.349 e. The standard InChI is InChI=1S/C32H52N12O4/c1-23(45)37-24-17-28(42(5)20-24)31(47)39-26-19-29(44(22-26)12-6-9-35-10-16-43(13-7-33)14-8-34)32(48)38-25-18-27(41(4)21-25)30(46)36-11-15-40(2)3/h17-22,35H,6-16,33-34H2,1-5H3,(H,36,46)(H,37,45)(H,38,48)(H,39,47). The minimum Gasteiger partial charge on any atom is -0.349 e. The van der Waals surface area contributed by atoms with E-state index in [4.69, 9.17) is 11.5 Å². The first kappa shape index (κ1) is 38.0. The zero-order valence-corrected chi connectivity index (χ0v) is 28.8. The van der Waals surface area contributed by atoms with Crippen LogP contribution in [0.15, 0.2) is 36.8 Å². The summed E-state index contributed by atoms with van der Waals surface area (Å²) in [7, 11) is 7.31. The Morgan fingerprint density at radius 1 is 0.688 bits per heavy atom. The molecule has 4 amide bonds. The van der Waals surface area contributed by atoms with E-state index in [1.165, 1.54) is 6.92 Å². The summed E-state index contributed by atoms with van der Waals surface area (Å²) in [5.74, 6) is -1.27. The molecule has 0 atom stereocenters. The van der Waals surface area contributed by atoms with Crippen molar-refractivity contribution in [3.8, 4) is 0 Å². The third-order valence-corrected chi connectivity index (χ3v) is 7.53. The third kappa shape index (κ3) is 11.6. The van der Waals surface area contributed by atoms with Gasteiger partial charge in [0.2, 0.25) is 5.91 Å². The van der Waals surface area contributed by atoms with Gasteiger partial charge < -0.3 is 56.7 Å². The molecule has 0 aromatic carbocycles. The van der Waals surface area contributed by atoms with Crippen molar-refractivity contribution in [1.82, 2.24) is 34.1 Å². The topological polar surface area (TPSA) is 202 Å². The van der Waals surface area contributed by atoms with Gasteiger partial charge in [-0.15, -0.1) is 0 Å². The van der Waals surface area contributed by atoms with E-state index in [0.717, 1.165) is 32.6 Å². The number of aromatic nitrogens is 3. The Balaban J connectivity index is 1.72. The summed E-state index contributed by atoms with van der Waals surface area (Å²) in [5.41, 5.74) is 13.9. The fourth-order valence-electron chi connectivity index (χ4n) is 5.19. The Hall–Kier alpha value is -4.48. The molecule has 0 saturated carbocycles. The van der Waals surface area contributed by atoms with E-state index in [0.29, 0.717) is 73.4 Å². The third-order valence-electron chi connectivity index (χ3n) is 7.53. The second-order valence-electron chi connectivity index (χ2n) is 11.9. The van der Waals surface area contributed by atoms with Crippen molar-refractivity contribution in [2.24, 2.45) is 25.6 Å². The second kappa shape index (κ2) is 18.8. The highest BCUT2D eigenvalue weighted by Crippen LogP contribution is 2.21. The van der Waals surface area contributed by atoms with Crippen molar-refractivity contribution in [2.75, 3.05) is 88.9 Å². The molecule has 48 heavy (non-hydrogen) atoms. The SMILES string of the molecule is CC(=O)Nc1cc(C(=O)Nc2cc(C(=O)Nc3cc(C(=O)NCCN(C)C)n(C)c3)n(CCCNCCN(CCN)CCN)c2)n(C)c1. The average molecular weight is 669 g/mol. The number of hydrogen-bond acceptors (Lipinski definition) is 9. The molecule has 9 N–H and O–H groups in total. The van der Waals surface area contributed by atoms with Crippen molar-refractivity contribution in [3.05, 3.63) is 53.9 Å². The molecule has 0 unspecified atom stereocenters. The van der Waals surface area contributed by atoms with Gasteiger partial charge in [-0.3, -0.25) is 24.1 Å². The lowest BCUT2D eigenvalue weighted by Crippen LogP contribution is -2.38. The van der Waals surface area contributed by atoms with Gasteiger partial charge in [0.1, 0.15) is 17.1 Å². The van der Waals surface area contributed by atoms with Crippen LogP contribution >= 0.6 is 0 Å². The number of hydrogen-bond donors (Lipinski definition) is 7. The van der Waals surface area contributed by atoms with Gasteiger partial charge in [-0.25, -0.2) is 0 Å². The molecule has 264 valence electrons. The number of likely N-dealkylation sites (N-methyl/N-ethyl adjacent to an activating group) is 1. The molecule has 0 aliphatic heterocycles. The molecule has 0 aliphatic carbocycles. The van der Waals surface area contributed by atoms with Gasteiger partial charge in [-0.2, -0.15) is 0 Å². The smallest absolute Gasteiger partial charge is 0.272 e. The minimum absolute atomic E-state index is 0.239. The van der Waals surface area contributed by atoms with E-state index in [1.807, 2.05) is 19.0 Å². The number of anilines is 3. The highest BCUT2D eigenvalue weighted by Gasteiger charge is 2.20. The van der Waals surface area contributed by atoms with E-state index in [9.17, 15) is 19.2 Å². The Morgan fingerprint density at radius 2 is 1.23 bits per heavy atom. The number of carbonyl (C=O) groups excluding carboxylic acids is 4. The van der Waals surface area contributed by atoms with E-state index in [-0.39, 0.29) is 17.7 Å². The molecule has 16 nitrogen and oxygen atoms in total. The number of carbonyl (C=O) groups is 4. The minimum atomic E-state index is -0.396. The first-order valence-electron chi connectivity index (χ1n) is 16.1. The predicted octanol–water partition coefficient (Wildman–Crippen LogP) is 0.119. The van der Waals surface area contributed by atoms with Gasteiger partial charge >= 0.3 is 0 Å². The number of nitrogens with zero attached hydrogens (tertiary/aromatic N) is 5. The monoisotopic (exact) mass is 668 g/mol. The van der Waals surface area contributed by atoms with Crippen LogP contribution in [-0.4, -0.2) is 120 Å². The lowest BCUT2D eigenvalue weighted by atomic mass is 10.3. The summed E-state index contributed by atoms with van der Waals surface area (Å²) in [5, 5.41) is 14.8. The fourth-order valence-corrected chi connectivity index (χ4v) is 5.19. The number of amides is 4. The van der Waals surface area contributed by atoms with Crippen molar-refractivity contribution >= 4 is 40.7 Å². The van der Waals surface area contributed by atoms with Gasteiger partial charge in [0.05, 0.1) is 17.1 Å². The normalized spacial score (nSPS) is 11.3. The zero-order chi connectivity index (χ0) is 35.2. The summed E-state index contributed by atoms with van der Waals surface area (Å²) in [6.45, 7) is 8.14. The molecule has 3 heterocycles. The highest BCUT2D eigenvalue weighted by molar-refractivity contribution is 6.07. The molecule has 0 saturated heterocycles. The number of nitrogens with two attached hydrogens (primary N) is 2. The second-order valence-corrected chi connectivity index (χ2v) is 11.9. The number of nitrogens with one attached hydrogen (secondary N) is 5. The van der Waals surface area contributed by atoms with Crippen molar-refractivity contribution in [2.45, 2.75) is 19.9 Å². The van der Waals surface area contributed by atoms with Crippen LogP contribution in [0.5, 0.6) is 0 Å². The zero-order valence-electron chi connectivity index (χ0n) is 28.8. The van der Waals surface area contributed by atoms with Crippen LogP contribution < -0.4 is 38.1 Å². The number of aryl methyl sites for hydroxylation is 3. The molecular formula is C32H52N12O4. The van der Waals surface area contributed by atoms with Crippen LogP contribution in [-0.2, 0) is 25.4 Å². The average Bonchev–Trinajstić information content (AvgIpc) is 3.70. The fraction of sp³-hybridized carbons (Fsp3) is 0.500. The van der Waals surface area contributed by atoms with Crippen LogP contribution in [0.1, 0.15) is 44.8 Å². The van der Waals surface area contributed by atoms with Crippen LogP contribution in [0.3, 0.4) is 0 Å². The van der Waals surface area contributed by atoms with Crippen LogP contribution in [0.25, 0.3) is 0 Å². The van der Waals surface area contributed by atoms with Gasteiger partial charge in [0.15, 0.2) is 0 Å². The molecule has 3 rings (SSSR count). The Kier molecular flexibility index (Phi) is 14.8. The lowest BCUT2D eigenvalue weighted by molar-refractivity contribution is -0.114. The maximum Gasteiger partial charge on any atom is 0.272 e. The highest BCUT2D eigenvalue weighted by atomic mass is 16.2. The first-order valence-corrected chi connectivity index (χ1v) is 16.1. The molecule has 0 aliphatic rings. The predicted molar refractivity (Wildman–Crippen MR) is 188 cm³/mol. The molecule has 3 aromatic rings. The lowest BCUT2D eigenvalue weighted by Gasteiger charge is -2.20. The van der Waals surface area contributed by atoms with Crippen molar-refractivity contribution in [1.29, 1.82) is 0 Å². The van der Waals surface area contributed by atoms with E-state index < -0.39 is 5.91 Å². The van der Waals surface area contributed by atoms with Crippen LogP contribution in [0.2, 0.25) is 0 Å². The van der Waals surface area contributed by atoms with Crippen molar-refractivity contribution < 1.29 is 19.2 Å². The van der Waals surface area contributed by atoms with Gasteiger partial charge in [0, 0.05) is 98.5 Å². The molecule has 0 radical (unpaired) electrons. The Labute approximate surface area is 282 Å². The molecule has 0 spiro atoms. The number of rotatable bonds is 20. The quantitative estimate of drug-likeness (QED) is 0.0817. The van der Waals surface area contributed by atoms with Crippen LogP contribution in [0, 0.1) is 0 Å². The van der Waals surface area contributed by atoms with Gasteiger partial charge in [-0.05, 0) is 45.3 Å². The van der Waals surface area contributed by atoms with E-state index in [1.54, 1.807) is 64.6 Å². The van der Waals surface area contributed by atoms with Crippen LogP contribution in [0.4, 0.5) is 17.1 Å². The van der Waals surface area contributed by atoms with Gasteiger partial charge in [0.25, 0.3) is 17.7 Å². The maximum absolute atomic E-state index is 13.6. The maximum atomic E-state index is 13.6. The molecule has 16 heteroatoms. The van der Waals surface area contributed by atoms with Crippen molar-refractivity contribution in [3.63, 3.8) is 0 Å². The first-order chi connectivity index (χ1) is 22.9. The molecular weight excluding hydrogens is 616 g/mol. The molecule has 3 aromatic heterocycles. The summed E-state index contributed by atoms with van der Waals surface area (Å²) < 4.78 is 5.07. The summed E-state index contributed by atoms with van der Waals surface area (Å²) >= 11 is 0.